The zero-order valence-electron chi connectivity index (χ0n) is 22.2. The molecule has 0 radical (unpaired) electrons. The van der Waals surface area contributed by atoms with Crippen molar-refractivity contribution in [2.75, 3.05) is 6.61 Å². The number of hydrogen-bond donors (Lipinski definition) is 0. The van der Waals surface area contributed by atoms with Gasteiger partial charge in [0.25, 0.3) is 0 Å². The summed E-state index contributed by atoms with van der Waals surface area (Å²) in [7, 11) is 0. The van der Waals surface area contributed by atoms with Crippen LogP contribution in [0.1, 0.15) is 90.0 Å². The van der Waals surface area contributed by atoms with Gasteiger partial charge in [-0.25, -0.2) is 14.4 Å². The Bertz CT molecular complexity index is 971. The van der Waals surface area contributed by atoms with E-state index in [1.807, 2.05) is 43.6 Å². The van der Waals surface area contributed by atoms with Crippen molar-refractivity contribution in [2.24, 2.45) is 0 Å². The van der Waals surface area contributed by atoms with Crippen molar-refractivity contribution >= 4 is 0 Å². The molecule has 0 saturated heterocycles. The number of aromatic nitrogens is 2. The first kappa shape index (κ1) is 27.8. The maximum atomic E-state index is 13.6. The zero-order chi connectivity index (χ0) is 25.4. The average Bonchev–Trinajstić information content (AvgIpc) is 2.92. The molecule has 194 valence electrons. The molecule has 0 saturated carbocycles. The van der Waals surface area contributed by atoms with Crippen LogP contribution in [0, 0.1) is 0 Å². The van der Waals surface area contributed by atoms with Crippen molar-refractivity contribution in [1.82, 2.24) is 9.97 Å². The molecule has 0 aliphatic carbocycles. The molecule has 36 heavy (non-hydrogen) atoms. The standard InChI is InChI=1S/C32H43FN2O/c1-3-5-6-7-8-9-10-11-12-14-26-15-17-28(18-16-26)32-34-23-29(24-35-32)27-19-21-31(22-20-27)36-25-30(33)13-4-2/h15-24,30H,3-14,25H2,1-2H3. The Morgan fingerprint density at radius 1 is 0.667 bits per heavy atom. The quantitative estimate of drug-likeness (QED) is 0.177. The third-order valence-electron chi connectivity index (χ3n) is 6.65. The number of benzene rings is 2. The van der Waals surface area contributed by atoms with Gasteiger partial charge in [0.1, 0.15) is 18.5 Å². The Balaban J connectivity index is 1.42. The van der Waals surface area contributed by atoms with Crippen LogP contribution in [0.2, 0.25) is 0 Å². The second-order valence-electron chi connectivity index (χ2n) is 9.79. The molecule has 4 heteroatoms. The van der Waals surface area contributed by atoms with Gasteiger partial charge in [0, 0.05) is 23.5 Å². The highest BCUT2D eigenvalue weighted by Crippen LogP contribution is 2.24. The average molecular weight is 491 g/mol. The lowest BCUT2D eigenvalue weighted by molar-refractivity contribution is 0.186. The Morgan fingerprint density at radius 2 is 1.25 bits per heavy atom. The molecule has 1 heterocycles. The molecule has 0 amide bonds. The predicted molar refractivity (Wildman–Crippen MR) is 149 cm³/mol. The van der Waals surface area contributed by atoms with Crippen LogP contribution in [0.15, 0.2) is 60.9 Å². The monoisotopic (exact) mass is 490 g/mol. The Morgan fingerprint density at radius 3 is 1.86 bits per heavy atom. The van der Waals surface area contributed by atoms with Gasteiger partial charge in [-0.15, -0.1) is 0 Å². The lowest BCUT2D eigenvalue weighted by Gasteiger charge is -2.10. The van der Waals surface area contributed by atoms with E-state index < -0.39 is 6.17 Å². The molecule has 2 aromatic carbocycles. The number of unbranched alkanes of at least 4 members (excludes halogenated alkanes) is 8. The van der Waals surface area contributed by atoms with Crippen molar-refractivity contribution in [3.05, 3.63) is 66.5 Å². The fraction of sp³-hybridized carbons (Fsp3) is 0.500. The van der Waals surface area contributed by atoms with E-state index in [-0.39, 0.29) is 6.61 Å². The highest BCUT2D eigenvalue weighted by molar-refractivity contribution is 5.64. The van der Waals surface area contributed by atoms with E-state index in [1.54, 1.807) is 0 Å². The van der Waals surface area contributed by atoms with E-state index in [9.17, 15) is 4.39 Å². The van der Waals surface area contributed by atoms with E-state index >= 15 is 0 Å². The fourth-order valence-electron chi connectivity index (χ4n) is 4.41. The molecule has 1 atom stereocenters. The number of rotatable bonds is 17. The van der Waals surface area contributed by atoms with Gasteiger partial charge >= 0.3 is 0 Å². The van der Waals surface area contributed by atoms with Gasteiger partial charge in [-0.3, -0.25) is 0 Å². The minimum absolute atomic E-state index is 0.100. The van der Waals surface area contributed by atoms with Crippen LogP contribution in [0.3, 0.4) is 0 Å². The van der Waals surface area contributed by atoms with E-state index in [1.165, 1.54) is 63.4 Å². The molecule has 1 unspecified atom stereocenters. The van der Waals surface area contributed by atoms with Crippen molar-refractivity contribution in [3.63, 3.8) is 0 Å². The van der Waals surface area contributed by atoms with E-state index in [2.05, 4.69) is 41.2 Å². The molecular formula is C32H43FN2O. The molecule has 1 aromatic heterocycles. The van der Waals surface area contributed by atoms with Crippen LogP contribution < -0.4 is 4.74 Å². The largest absolute Gasteiger partial charge is 0.491 e. The summed E-state index contributed by atoms with van der Waals surface area (Å²) >= 11 is 0. The molecule has 0 aliphatic heterocycles. The third kappa shape index (κ3) is 9.72. The lowest BCUT2D eigenvalue weighted by atomic mass is 10.0. The van der Waals surface area contributed by atoms with Crippen molar-refractivity contribution in [2.45, 2.75) is 97.1 Å². The van der Waals surface area contributed by atoms with Crippen LogP contribution in [0.5, 0.6) is 5.75 Å². The summed E-state index contributed by atoms with van der Waals surface area (Å²) in [5.74, 6) is 1.41. The number of aryl methyl sites for hydroxylation is 1. The first-order chi connectivity index (χ1) is 17.7. The summed E-state index contributed by atoms with van der Waals surface area (Å²) in [5.41, 5.74) is 4.38. The van der Waals surface area contributed by atoms with Gasteiger partial charge in [0.2, 0.25) is 0 Å². The number of nitrogens with zero attached hydrogens (tertiary/aromatic N) is 2. The van der Waals surface area contributed by atoms with Gasteiger partial charge in [0.15, 0.2) is 5.82 Å². The molecule has 0 bridgehead atoms. The molecule has 3 nitrogen and oxygen atoms in total. The van der Waals surface area contributed by atoms with Gasteiger partial charge in [-0.1, -0.05) is 108 Å². The maximum absolute atomic E-state index is 13.6. The smallest absolute Gasteiger partial charge is 0.159 e. The summed E-state index contributed by atoms with van der Waals surface area (Å²) in [5, 5.41) is 0. The molecular weight excluding hydrogens is 447 g/mol. The second-order valence-corrected chi connectivity index (χ2v) is 9.79. The fourth-order valence-corrected chi connectivity index (χ4v) is 4.41. The van der Waals surface area contributed by atoms with Crippen LogP contribution in [-0.4, -0.2) is 22.7 Å². The first-order valence-electron chi connectivity index (χ1n) is 14.0. The molecule has 0 aliphatic rings. The van der Waals surface area contributed by atoms with Crippen LogP contribution in [0.25, 0.3) is 22.5 Å². The number of ether oxygens (including phenoxy) is 1. The minimum atomic E-state index is -0.917. The van der Waals surface area contributed by atoms with Gasteiger partial charge < -0.3 is 4.74 Å². The van der Waals surface area contributed by atoms with Crippen molar-refractivity contribution in [1.29, 1.82) is 0 Å². The van der Waals surface area contributed by atoms with Gasteiger partial charge in [-0.2, -0.15) is 0 Å². The summed E-state index contributed by atoms with van der Waals surface area (Å²) in [4.78, 5) is 9.18. The van der Waals surface area contributed by atoms with Crippen LogP contribution >= 0.6 is 0 Å². The summed E-state index contributed by atoms with van der Waals surface area (Å²) in [6.07, 6.45) is 17.5. The van der Waals surface area contributed by atoms with Crippen molar-refractivity contribution in [3.8, 4) is 28.3 Å². The highest BCUT2D eigenvalue weighted by Gasteiger charge is 2.07. The van der Waals surface area contributed by atoms with Gasteiger partial charge in [-0.05, 0) is 42.5 Å². The van der Waals surface area contributed by atoms with E-state index in [0.29, 0.717) is 12.2 Å². The molecule has 0 fully saturated rings. The van der Waals surface area contributed by atoms with Crippen molar-refractivity contribution < 1.29 is 9.13 Å². The third-order valence-corrected chi connectivity index (χ3v) is 6.65. The zero-order valence-corrected chi connectivity index (χ0v) is 22.2. The Hall–Kier alpha value is -2.75. The molecule has 0 N–H and O–H groups in total. The van der Waals surface area contributed by atoms with Crippen LogP contribution in [0.4, 0.5) is 4.39 Å². The lowest BCUT2D eigenvalue weighted by Crippen LogP contribution is -2.12. The number of hydrogen-bond acceptors (Lipinski definition) is 3. The maximum Gasteiger partial charge on any atom is 0.159 e. The Kier molecular flexibility index (Phi) is 12.4. The van der Waals surface area contributed by atoms with Gasteiger partial charge in [0.05, 0.1) is 0 Å². The summed E-state index contributed by atoms with van der Waals surface area (Å²) < 4.78 is 19.2. The number of halogens is 1. The van der Waals surface area contributed by atoms with E-state index in [0.717, 1.165) is 35.4 Å². The highest BCUT2D eigenvalue weighted by atomic mass is 19.1. The summed E-state index contributed by atoms with van der Waals surface area (Å²) in [6, 6.07) is 16.3. The topological polar surface area (TPSA) is 35.0 Å². The predicted octanol–water partition coefficient (Wildman–Crippen LogP) is 9.40. The number of alkyl halides is 1. The van der Waals surface area contributed by atoms with Crippen LogP contribution in [-0.2, 0) is 6.42 Å². The summed E-state index contributed by atoms with van der Waals surface area (Å²) in [6.45, 7) is 4.35. The minimum Gasteiger partial charge on any atom is -0.491 e. The second kappa shape index (κ2) is 16.1. The SMILES string of the molecule is CCCCCCCCCCCc1ccc(-c2ncc(-c3ccc(OCC(F)CCC)cc3)cn2)cc1. The molecule has 0 spiro atoms. The Labute approximate surface area is 217 Å². The first-order valence-corrected chi connectivity index (χ1v) is 14.0. The molecule has 3 aromatic rings. The van der Waals surface area contributed by atoms with E-state index in [4.69, 9.17) is 4.74 Å². The normalized spacial score (nSPS) is 12.0. The molecule has 3 rings (SSSR count).